The van der Waals surface area contributed by atoms with Crippen LogP contribution in [0, 0.1) is 5.92 Å². The third-order valence-electron chi connectivity index (χ3n) is 6.54. The van der Waals surface area contributed by atoms with E-state index < -0.39 is 18.2 Å². The van der Waals surface area contributed by atoms with Crippen LogP contribution in [-0.2, 0) is 19.1 Å². The lowest BCUT2D eigenvalue weighted by Crippen LogP contribution is -2.28. The highest BCUT2D eigenvalue weighted by Gasteiger charge is 2.15. The van der Waals surface area contributed by atoms with Crippen LogP contribution in [0.4, 0.5) is 0 Å². The van der Waals surface area contributed by atoms with Crippen molar-refractivity contribution in [2.24, 2.45) is 5.92 Å². The molecule has 0 aliphatic carbocycles. The molecule has 2 atom stereocenters. The van der Waals surface area contributed by atoms with Gasteiger partial charge in [0.15, 0.2) is 6.10 Å². The van der Waals surface area contributed by atoms with Crippen molar-refractivity contribution in [3.8, 4) is 0 Å². The van der Waals surface area contributed by atoms with E-state index >= 15 is 0 Å². The highest BCUT2D eigenvalue weighted by Crippen LogP contribution is 2.12. The standard InChI is InChI=1S/C37H60O6/c1-4-5-6-7-8-9-10-11-12-13-14-18-22-27-34(39)28-23-20-25-29-36(40)42-32-35(31-38)43-37(41)30-24-19-16-15-17-21-26-33(2)3/h5-6,8-9,11-12,14,18,20,22-23,27,33-35,38-39H,4,7,10,13,15-17,19,21,24-26,28-32H2,1-3H3/b6-5-,9-8-,12-11-,18-14-,23-20-,27-22-/t34?,35-/m0/s1. The lowest BCUT2D eigenvalue weighted by Gasteiger charge is -2.15. The summed E-state index contributed by atoms with van der Waals surface area (Å²) in [7, 11) is 0. The lowest BCUT2D eigenvalue weighted by atomic mass is 10.0. The number of ether oxygens (including phenoxy) is 2. The van der Waals surface area contributed by atoms with E-state index in [0.29, 0.717) is 19.3 Å². The van der Waals surface area contributed by atoms with Crippen molar-refractivity contribution in [1.29, 1.82) is 0 Å². The number of allylic oxidation sites excluding steroid dienone is 10. The Balaban J connectivity index is 3.90. The summed E-state index contributed by atoms with van der Waals surface area (Å²) in [6.07, 6.45) is 35.8. The number of hydrogen-bond donors (Lipinski definition) is 2. The molecule has 0 aromatic rings. The van der Waals surface area contributed by atoms with Gasteiger partial charge in [-0.25, -0.2) is 0 Å². The molecule has 0 rings (SSSR count). The first-order chi connectivity index (χ1) is 20.9. The number of carbonyl (C=O) groups excluding carboxylic acids is 2. The van der Waals surface area contributed by atoms with Crippen molar-refractivity contribution in [2.75, 3.05) is 13.2 Å². The van der Waals surface area contributed by atoms with Crippen molar-refractivity contribution in [1.82, 2.24) is 0 Å². The van der Waals surface area contributed by atoms with Crippen molar-refractivity contribution < 1.29 is 29.3 Å². The van der Waals surface area contributed by atoms with E-state index in [1.54, 1.807) is 6.08 Å². The maximum absolute atomic E-state index is 12.0. The van der Waals surface area contributed by atoms with Crippen LogP contribution in [0.1, 0.15) is 117 Å². The minimum Gasteiger partial charge on any atom is -0.462 e. The Kier molecular flexibility index (Phi) is 28.8. The molecule has 0 aliphatic heterocycles. The van der Waals surface area contributed by atoms with Crippen LogP contribution in [0.3, 0.4) is 0 Å². The monoisotopic (exact) mass is 600 g/mol. The normalized spacial score (nSPS) is 14.0. The zero-order valence-electron chi connectivity index (χ0n) is 27.2. The Hall–Kier alpha value is -2.70. The van der Waals surface area contributed by atoms with Gasteiger partial charge in [0.25, 0.3) is 0 Å². The van der Waals surface area contributed by atoms with Crippen LogP contribution in [-0.4, -0.2) is 47.6 Å². The van der Waals surface area contributed by atoms with E-state index in [4.69, 9.17) is 9.47 Å². The van der Waals surface area contributed by atoms with Crippen LogP contribution in [0.2, 0.25) is 0 Å². The van der Waals surface area contributed by atoms with Crippen molar-refractivity contribution in [3.05, 3.63) is 72.9 Å². The molecule has 0 saturated carbocycles. The molecular formula is C37H60O6. The smallest absolute Gasteiger partial charge is 0.306 e. The molecule has 0 bridgehead atoms. The molecule has 0 fully saturated rings. The lowest BCUT2D eigenvalue weighted by molar-refractivity contribution is -0.161. The van der Waals surface area contributed by atoms with Crippen LogP contribution in [0.5, 0.6) is 0 Å². The third kappa shape index (κ3) is 30.6. The van der Waals surface area contributed by atoms with E-state index in [1.165, 1.54) is 25.7 Å². The Bertz CT molecular complexity index is 849. The molecule has 1 unspecified atom stereocenters. The number of rotatable bonds is 27. The zero-order chi connectivity index (χ0) is 31.8. The number of aliphatic hydroxyl groups is 2. The molecule has 0 heterocycles. The molecule has 0 aromatic heterocycles. The van der Waals surface area contributed by atoms with Crippen molar-refractivity contribution in [2.45, 2.75) is 129 Å². The highest BCUT2D eigenvalue weighted by molar-refractivity contribution is 5.70. The van der Waals surface area contributed by atoms with Gasteiger partial charge in [-0.1, -0.05) is 132 Å². The number of carbonyl (C=O) groups is 2. The van der Waals surface area contributed by atoms with Crippen LogP contribution < -0.4 is 0 Å². The number of unbranched alkanes of at least 4 members (excludes halogenated alkanes) is 5. The van der Waals surface area contributed by atoms with Gasteiger partial charge in [-0.05, 0) is 50.9 Å². The van der Waals surface area contributed by atoms with Gasteiger partial charge in [-0.15, -0.1) is 0 Å². The first-order valence-electron chi connectivity index (χ1n) is 16.5. The summed E-state index contributed by atoms with van der Waals surface area (Å²) < 4.78 is 10.4. The number of esters is 2. The van der Waals surface area contributed by atoms with Gasteiger partial charge in [0.05, 0.1) is 12.7 Å². The van der Waals surface area contributed by atoms with Crippen molar-refractivity contribution in [3.63, 3.8) is 0 Å². The molecule has 0 saturated heterocycles. The molecule has 2 N–H and O–H groups in total. The van der Waals surface area contributed by atoms with Gasteiger partial charge in [0, 0.05) is 12.8 Å². The number of aliphatic hydroxyl groups excluding tert-OH is 2. The summed E-state index contributed by atoms with van der Waals surface area (Å²) in [5.41, 5.74) is 0. The maximum Gasteiger partial charge on any atom is 0.306 e. The minimum absolute atomic E-state index is 0.151. The summed E-state index contributed by atoms with van der Waals surface area (Å²) in [4.78, 5) is 24.0. The first-order valence-corrected chi connectivity index (χ1v) is 16.5. The molecule has 0 spiro atoms. The Morgan fingerprint density at radius 3 is 2.00 bits per heavy atom. The van der Waals surface area contributed by atoms with E-state index in [1.807, 2.05) is 30.4 Å². The molecular weight excluding hydrogens is 540 g/mol. The molecule has 0 aliphatic rings. The van der Waals surface area contributed by atoms with Crippen LogP contribution in [0.25, 0.3) is 0 Å². The van der Waals surface area contributed by atoms with Crippen molar-refractivity contribution >= 4 is 11.9 Å². The van der Waals surface area contributed by atoms with E-state index in [-0.39, 0.29) is 25.6 Å². The van der Waals surface area contributed by atoms with Crippen LogP contribution >= 0.6 is 0 Å². The summed E-state index contributed by atoms with van der Waals surface area (Å²) in [6, 6.07) is 0. The number of hydrogen-bond acceptors (Lipinski definition) is 6. The third-order valence-corrected chi connectivity index (χ3v) is 6.54. The largest absolute Gasteiger partial charge is 0.462 e. The van der Waals surface area contributed by atoms with Gasteiger partial charge in [0.2, 0.25) is 0 Å². The second-order valence-corrected chi connectivity index (χ2v) is 11.2. The molecule has 0 radical (unpaired) electrons. The van der Waals surface area contributed by atoms with Gasteiger partial charge < -0.3 is 19.7 Å². The molecule has 0 aromatic carbocycles. The van der Waals surface area contributed by atoms with E-state index in [9.17, 15) is 19.8 Å². The molecule has 6 nitrogen and oxygen atoms in total. The quantitative estimate of drug-likeness (QED) is 0.0424. The summed E-state index contributed by atoms with van der Waals surface area (Å²) in [5, 5.41) is 19.5. The first kappa shape index (κ1) is 40.3. The Morgan fingerprint density at radius 1 is 0.721 bits per heavy atom. The second kappa shape index (κ2) is 30.7. The fourth-order valence-corrected chi connectivity index (χ4v) is 4.02. The fraction of sp³-hybridized carbons (Fsp3) is 0.622. The van der Waals surface area contributed by atoms with Gasteiger partial charge in [0.1, 0.15) is 6.61 Å². The van der Waals surface area contributed by atoms with E-state index in [0.717, 1.165) is 50.9 Å². The maximum atomic E-state index is 12.0. The minimum atomic E-state index is -0.838. The molecule has 43 heavy (non-hydrogen) atoms. The SMILES string of the molecule is CC/C=C\C/C=C\C/C=C\C/C=C\C=C/C(O)C/C=C\CCC(=O)OC[C@H](CO)OC(=O)CCCCCCCCC(C)C. The topological polar surface area (TPSA) is 93.1 Å². The molecule has 6 heteroatoms. The molecule has 244 valence electrons. The second-order valence-electron chi connectivity index (χ2n) is 11.2. The fourth-order valence-electron chi connectivity index (χ4n) is 4.02. The average Bonchev–Trinajstić information content (AvgIpc) is 2.98. The predicted molar refractivity (Wildman–Crippen MR) is 179 cm³/mol. The van der Waals surface area contributed by atoms with E-state index in [2.05, 4.69) is 57.2 Å². The Morgan fingerprint density at radius 2 is 1.35 bits per heavy atom. The zero-order valence-corrected chi connectivity index (χ0v) is 27.2. The van der Waals surface area contributed by atoms with Crippen LogP contribution in [0.15, 0.2) is 72.9 Å². The van der Waals surface area contributed by atoms with Gasteiger partial charge in [-0.3, -0.25) is 9.59 Å². The average molecular weight is 601 g/mol. The van der Waals surface area contributed by atoms with Gasteiger partial charge >= 0.3 is 11.9 Å². The van der Waals surface area contributed by atoms with Gasteiger partial charge in [-0.2, -0.15) is 0 Å². The Labute approximate surface area is 262 Å². The summed E-state index contributed by atoms with van der Waals surface area (Å²) in [5.74, 6) is -0.0323. The summed E-state index contributed by atoms with van der Waals surface area (Å²) in [6.45, 7) is 6.08. The predicted octanol–water partition coefficient (Wildman–Crippen LogP) is 8.66. The molecule has 0 amide bonds. The summed E-state index contributed by atoms with van der Waals surface area (Å²) >= 11 is 0. The highest BCUT2D eigenvalue weighted by atomic mass is 16.6.